The van der Waals surface area contributed by atoms with E-state index in [9.17, 15) is 4.79 Å². The number of amides is 1. The molecule has 0 saturated heterocycles. The van der Waals surface area contributed by atoms with E-state index in [2.05, 4.69) is 31.4 Å². The molecule has 0 radical (unpaired) electrons. The lowest BCUT2D eigenvalue weighted by atomic mass is 10.1. The van der Waals surface area contributed by atoms with Crippen molar-refractivity contribution in [3.05, 3.63) is 57.7 Å². The predicted molar refractivity (Wildman–Crippen MR) is 83.2 cm³/mol. The standard InChI is InChI=1S/C14H9BrClN3O/c15-11-4-3-10(6-12(11)16)18-14(20)8-1-2-9-7-17-19-13(9)5-8/h1-7H,(H,17,19)(H,18,20). The third-order valence-electron chi connectivity index (χ3n) is 2.88. The molecule has 100 valence electrons. The Labute approximate surface area is 128 Å². The Hall–Kier alpha value is -1.85. The minimum Gasteiger partial charge on any atom is -0.322 e. The molecule has 1 heterocycles. The van der Waals surface area contributed by atoms with Crippen LogP contribution in [0.4, 0.5) is 5.69 Å². The molecule has 2 aromatic carbocycles. The molecule has 0 saturated carbocycles. The van der Waals surface area contributed by atoms with Crippen molar-refractivity contribution in [1.82, 2.24) is 10.2 Å². The van der Waals surface area contributed by atoms with Crippen molar-refractivity contribution in [3.63, 3.8) is 0 Å². The predicted octanol–water partition coefficient (Wildman–Crippen LogP) is 4.23. The summed E-state index contributed by atoms with van der Waals surface area (Å²) in [5.74, 6) is -0.195. The van der Waals surface area contributed by atoms with Crippen molar-refractivity contribution in [1.29, 1.82) is 0 Å². The van der Waals surface area contributed by atoms with E-state index in [4.69, 9.17) is 11.6 Å². The molecule has 3 aromatic rings. The normalized spacial score (nSPS) is 10.7. The number of fused-ring (bicyclic) bond motifs is 1. The van der Waals surface area contributed by atoms with E-state index in [1.807, 2.05) is 6.07 Å². The van der Waals surface area contributed by atoms with Crippen LogP contribution in [0.3, 0.4) is 0 Å². The minimum atomic E-state index is -0.195. The largest absolute Gasteiger partial charge is 0.322 e. The zero-order valence-electron chi connectivity index (χ0n) is 10.2. The van der Waals surface area contributed by atoms with Gasteiger partial charge in [0.1, 0.15) is 0 Å². The Kier molecular flexibility index (Phi) is 3.46. The van der Waals surface area contributed by atoms with Crippen molar-refractivity contribution < 1.29 is 4.79 Å². The molecule has 20 heavy (non-hydrogen) atoms. The molecule has 0 fully saturated rings. The van der Waals surface area contributed by atoms with Gasteiger partial charge in [0.2, 0.25) is 0 Å². The highest BCUT2D eigenvalue weighted by atomic mass is 79.9. The number of aromatic amines is 1. The van der Waals surface area contributed by atoms with Crippen molar-refractivity contribution in [2.24, 2.45) is 0 Å². The summed E-state index contributed by atoms with van der Waals surface area (Å²) in [6.07, 6.45) is 1.71. The van der Waals surface area contributed by atoms with E-state index in [1.54, 1.807) is 36.5 Å². The SMILES string of the molecule is O=C(Nc1ccc(Br)c(Cl)c1)c1ccc2cn[nH]c2c1. The Bertz CT molecular complexity index is 800. The summed E-state index contributed by atoms with van der Waals surface area (Å²) >= 11 is 9.30. The van der Waals surface area contributed by atoms with Crippen molar-refractivity contribution in [3.8, 4) is 0 Å². The third-order valence-corrected chi connectivity index (χ3v) is 4.11. The van der Waals surface area contributed by atoms with Crippen LogP contribution >= 0.6 is 27.5 Å². The van der Waals surface area contributed by atoms with Crippen LogP contribution in [0.2, 0.25) is 5.02 Å². The summed E-state index contributed by atoms with van der Waals surface area (Å²) in [6.45, 7) is 0. The molecule has 2 N–H and O–H groups in total. The molecule has 6 heteroatoms. The monoisotopic (exact) mass is 349 g/mol. The van der Waals surface area contributed by atoms with Crippen molar-refractivity contribution in [2.45, 2.75) is 0 Å². The number of carbonyl (C=O) groups is 1. The maximum absolute atomic E-state index is 12.2. The zero-order valence-corrected chi connectivity index (χ0v) is 12.5. The van der Waals surface area contributed by atoms with Gasteiger partial charge in [-0.05, 0) is 46.3 Å². The van der Waals surface area contributed by atoms with Gasteiger partial charge in [0.15, 0.2) is 0 Å². The Morgan fingerprint density at radius 2 is 2.10 bits per heavy atom. The molecule has 0 bridgehead atoms. The fraction of sp³-hybridized carbons (Fsp3) is 0. The first-order valence-electron chi connectivity index (χ1n) is 5.83. The highest BCUT2D eigenvalue weighted by Gasteiger charge is 2.08. The Balaban J connectivity index is 1.86. The van der Waals surface area contributed by atoms with Crippen LogP contribution in [0.1, 0.15) is 10.4 Å². The van der Waals surface area contributed by atoms with E-state index < -0.39 is 0 Å². The van der Waals surface area contributed by atoms with E-state index >= 15 is 0 Å². The number of rotatable bonds is 2. The van der Waals surface area contributed by atoms with Crippen LogP contribution in [0.5, 0.6) is 0 Å². The van der Waals surface area contributed by atoms with E-state index in [0.717, 1.165) is 15.4 Å². The summed E-state index contributed by atoms with van der Waals surface area (Å²) in [5.41, 5.74) is 2.03. The van der Waals surface area contributed by atoms with Gasteiger partial charge in [-0.2, -0.15) is 5.10 Å². The average molecular weight is 351 g/mol. The van der Waals surface area contributed by atoms with Gasteiger partial charge in [0.05, 0.1) is 16.7 Å². The summed E-state index contributed by atoms with van der Waals surface area (Å²) in [4.78, 5) is 12.2. The summed E-state index contributed by atoms with van der Waals surface area (Å²) < 4.78 is 0.788. The highest BCUT2D eigenvalue weighted by Crippen LogP contribution is 2.26. The molecule has 0 aliphatic carbocycles. The van der Waals surface area contributed by atoms with Gasteiger partial charge in [0, 0.05) is 21.1 Å². The molecule has 3 rings (SSSR count). The molecule has 4 nitrogen and oxygen atoms in total. The first-order valence-corrected chi connectivity index (χ1v) is 7.00. The van der Waals surface area contributed by atoms with Gasteiger partial charge in [0.25, 0.3) is 5.91 Å². The van der Waals surface area contributed by atoms with Crippen molar-refractivity contribution in [2.75, 3.05) is 5.32 Å². The number of anilines is 1. The van der Waals surface area contributed by atoms with E-state index in [1.165, 1.54) is 0 Å². The Morgan fingerprint density at radius 1 is 1.25 bits per heavy atom. The molecule has 0 unspecified atom stereocenters. The maximum atomic E-state index is 12.2. The number of hydrogen-bond acceptors (Lipinski definition) is 2. The van der Waals surface area contributed by atoms with Crippen molar-refractivity contribution >= 4 is 50.0 Å². The van der Waals surface area contributed by atoms with Gasteiger partial charge < -0.3 is 5.32 Å². The minimum absolute atomic E-state index is 0.195. The second kappa shape index (κ2) is 5.26. The van der Waals surface area contributed by atoms with Gasteiger partial charge in [-0.3, -0.25) is 9.89 Å². The molecular formula is C14H9BrClN3O. The second-order valence-corrected chi connectivity index (χ2v) is 5.52. The van der Waals surface area contributed by atoms with Gasteiger partial charge in [-0.15, -0.1) is 0 Å². The Morgan fingerprint density at radius 3 is 2.90 bits per heavy atom. The maximum Gasteiger partial charge on any atom is 0.255 e. The van der Waals surface area contributed by atoms with E-state index in [0.29, 0.717) is 16.3 Å². The number of halogens is 2. The zero-order chi connectivity index (χ0) is 14.1. The number of carbonyl (C=O) groups excluding carboxylic acids is 1. The lowest BCUT2D eigenvalue weighted by Gasteiger charge is -2.06. The molecule has 0 atom stereocenters. The van der Waals surface area contributed by atoms with E-state index in [-0.39, 0.29) is 5.91 Å². The summed E-state index contributed by atoms with van der Waals surface area (Å²) in [7, 11) is 0. The molecule has 1 amide bonds. The first kappa shape index (κ1) is 13.1. The first-order chi connectivity index (χ1) is 9.63. The van der Waals surface area contributed by atoms with Crippen LogP contribution in [-0.4, -0.2) is 16.1 Å². The molecule has 1 aromatic heterocycles. The van der Waals surface area contributed by atoms with Crippen LogP contribution < -0.4 is 5.32 Å². The number of benzene rings is 2. The van der Waals surface area contributed by atoms with Crippen LogP contribution in [0.15, 0.2) is 47.1 Å². The van der Waals surface area contributed by atoms with Gasteiger partial charge in [-0.1, -0.05) is 17.7 Å². The average Bonchev–Trinajstić information content (AvgIpc) is 2.90. The molecule has 0 aliphatic heterocycles. The number of nitrogens with one attached hydrogen (secondary N) is 2. The van der Waals surface area contributed by atoms with Crippen LogP contribution in [0, 0.1) is 0 Å². The second-order valence-electron chi connectivity index (χ2n) is 4.26. The number of aromatic nitrogens is 2. The fourth-order valence-corrected chi connectivity index (χ4v) is 2.28. The molecular weight excluding hydrogens is 342 g/mol. The number of hydrogen-bond donors (Lipinski definition) is 2. The number of nitrogens with zero attached hydrogens (tertiary/aromatic N) is 1. The van der Waals surface area contributed by atoms with Crippen LogP contribution in [0.25, 0.3) is 10.9 Å². The topological polar surface area (TPSA) is 57.8 Å². The number of H-pyrrole nitrogens is 1. The summed E-state index contributed by atoms with van der Waals surface area (Å²) in [6, 6.07) is 10.6. The molecule has 0 spiro atoms. The quantitative estimate of drug-likeness (QED) is 0.726. The van der Waals surface area contributed by atoms with Gasteiger partial charge in [-0.25, -0.2) is 0 Å². The molecule has 0 aliphatic rings. The summed E-state index contributed by atoms with van der Waals surface area (Å²) in [5, 5.41) is 11.1. The van der Waals surface area contributed by atoms with Gasteiger partial charge >= 0.3 is 0 Å². The highest BCUT2D eigenvalue weighted by molar-refractivity contribution is 9.10. The smallest absolute Gasteiger partial charge is 0.255 e. The lowest BCUT2D eigenvalue weighted by molar-refractivity contribution is 0.102. The fourth-order valence-electron chi connectivity index (χ4n) is 1.86. The van der Waals surface area contributed by atoms with Crippen LogP contribution in [-0.2, 0) is 0 Å². The lowest BCUT2D eigenvalue weighted by Crippen LogP contribution is -2.11. The third kappa shape index (κ3) is 2.55.